The summed E-state index contributed by atoms with van der Waals surface area (Å²) in [7, 11) is 4.42. The number of aliphatic hydroxyl groups excluding tert-OH is 2. The van der Waals surface area contributed by atoms with Crippen LogP contribution in [-0.4, -0.2) is 68.9 Å². The lowest BCUT2D eigenvalue weighted by Gasteiger charge is -2.42. The lowest BCUT2D eigenvalue weighted by Crippen LogP contribution is -2.60. The van der Waals surface area contributed by atoms with E-state index in [1.165, 1.54) is 21.3 Å². The van der Waals surface area contributed by atoms with Crippen LogP contribution in [0.3, 0.4) is 0 Å². The minimum absolute atomic E-state index is 0.294. The SMILES string of the molecule is COC1O[C@H](CO)[C@@H](O)[C@H](OC)[C@H]1OC. The molecule has 1 aliphatic rings. The van der Waals surface area contributed by atoms with Crippen molar-refractivity contribution in [3.8, 4) is 0 Å². The molecule has 6 nitrogen and oxygen atoms in total. The minimum Gasteiger partial charge on any atom is -0.394 e. The smallest absolute Gasteiger partial charge is 0.186 e. The van der Waals surface area contributed by atoms with Crippen LogP contribution in [-0.2, 0) is 18.9 Å². The highest BCUT2D eigenvalue weighted by Crippen LogP contribution is 2.25. The highest BCUT2D eigenvalue weighted by atomic mass is 16.7. The van der Waals surface area contributed by atoms with E-state index in [0.29, 0.717) is 0 Å². The lowest BCUT2D eigenvalue weighted by molar-refractivity contribution is -0.303. The number of methoxy groups -OCH3 is 3. The van der Waals surface area contributed by atoms with Crippen LogP contribution in [0.15, 0.2) is 0 Å². The monoisotopic (exact) mass is 222 g/mol. The molecular formula is C9H18O6. The molecule has 0 spiro atoms. The van der Waals surface area contributed by atoms with Gasteiger partial charge in [-0.05, 0) is 0 Å². The van der Waals surface area contributed by atoms with Gasteiger partial charge in [0.05, 0.1) is 6.61 Å². The van der Waals surface area contributed by atoms with Crippen molar-refractivity contribution in [2.75, 3.05) is 27.9 Å². The first kappa shape index (κ1) is 12.8. The predicted molar refractivity (Wildman–Crippen MR) is 50.4 cm³/mol. The van der Waals surface area contributed by atoms with Crippen molar-refractivity contribution >= 4 is 0 Å². The molecule has 1 saturated heterocycles. The third kappa shape index (κ3) is 2.47. The van der Waals surface area contributed by atoms with Crippen LogP contribution in [0.25, 0.3) is 0 Å². The van der Waals surface area contributed by atoms with Gasteiger partial charge in [0, 0.05) is 21.3 Å². The van der Waals surface area contributed by atoms with Gasteiger partial charge in [0.1, 0.15) is 24.4 Å². The van der Waals surface area contributed by atoms with Crippen LogP contribution in [0.5, 0.6) is 0 Å². The summed E-state index contributed by atoms with van der Waals surface area (Å²) in [5.41, 5.74) is 0. The van der Waals surface area contributed by atoms with Crippen molar-refractivity contribution in [2.24, 2.45) is 0 Å². The molecule has 2 N–H and O–H groups in total. The van der Waals surface area contributed by atoms with E-state index in [1.807, 2.05) is 0 Å². The van der Waals surface area contributed by atoms with Gasteiger partial charge >= 0.3 is 0 Å². The Morgan fingerprint density at radius 2 is 1.67 bits per heavy atom. The summed E-state index contributed by atoms with van der Waals surface area (Å²) in [6.45, 7) is -0.294. The zero-order valence-corrected chi connectivity index (χ0v) is 9.12. The number of hydrogen-bond acceptors (Lipinski definition) is 6. The summed E-state index contributed by atoms with van der Waals surface area (Å²) in [6, 6.07) is 0. The van der Waals surface area contributed by atoms with E-state index in [1.54, 1.807) is 0 Å². The van der Waals surface area contributed by atoms with Gasteiger partial charge in [-0.2, -0.15) is 0 Å². The average molecular weight is 222 g/mol. The normalized spacial score (nSPS) is 41.8. The third-order valence-electron chi connectivity index (χ3n) is 2.58. The maximum Gasteiger partial charge on any atom is 0.186 e. The fraction of sp³-hybridized carbons (Fsp3) is 1.00. The highest BCUT2D eigenvalue weighted by molar-refractivity contribution is 4.90. The number of aliphatic hydroxyl groups is 2. The Balaban J connectivity index is 2.78. The summed E-state index contributed by atoms with van der Waals surface area (Å²) < 4.78 is 20.6. The van der Waals surface area contributed by atoms with Crippen molar-refractivity contribution in [1.82, 2.24) is 0 Å². The third-order valence-corrected chi connectivity index (χ3v) is 2.58. The van der Waals surface area contributed by atoms with E-state index in [4.69, 9.17) is 24.1 Å². The molecule has 0 radical (unpaired) electrons. The zero-order chi connectivity index (χ0) is 11.4. The van der Waals surface area contributed by atoms with Gasteiger partial charge in [0.25, 0.3) is 0 Å². The molecule has 0 amide bonds. The van der Waals surface area contributed by atoms with Crippen LogP contribution in [0.4, 0.5) is 0 Å². The molecule has 1 fully saturated rings. The molecule has 0 aromatic heterocycles. The van der Waals surface area contributed by atoms with Gasteiger partial charge < -0.3 is 29.2 Å². The maximum absolute atomic E-state index is 9.80. The summed E-state index contributed by atoms with van der Waals surface area (Å²) in [4.78, 5) is 0. The first-order chi connectivity index (χ1) is 7.19. The van der Waals surface area contributed by atoms with E-state index in [0.717, 1.165) is 0 Å². The molecule has 90 valence electrons. The summed E-state index contributed by atoms with van der Waals surface area (Å²) in [5, 5.41) is 18.8. The molecular weight excluding hydrogens is 204 g/mol. The molecule has 6 heteroatoms. The molecule has 15 heavy (non-hydrogen) atoms. The van der Waals surface area contributed by atoms with E-state index >= 15 is 0 Å². The second-order valence-electron chi connectivity index (χ2n) is 3.35. The van der Waals surface area contributed by atoms with E-state index in [-0.39, 0.29) is 6.61 Å². The van der Waals surface area contributed by atoms with Gasteiger partial charge in [0.2, 0.25) is 0 Å². The quantitative estimate of drug-likeness (QED) is 0.618. The fourth-order valence-electron chi connectivity index (χ4n) is 1.75. The number of hydrogen-bond donors (Lipinski definition) is 2. The molecule has 1 heterocycles. The van der Waals surface area contributed by atoms with Crippen molar-refractivity contribution in [2.45, 2.75) is 30.7 Å². The van der Waals surface area contributed by atoms with E-state index in [2.05, 4.69) is 0 Å². The van der Waals surface area contributed by atoms with Crippen LogP contribution in [0.2, 0.25) is 0 Å². The Labute approximate surface area is 88.7 Å². The Bertz CT molecular complexity index is 187. The van der Waals surface area contributed by atoms with Gasteiger partial charge in [-0.15, -0.1) is 0 Å². The van der Waals surface area contributed by atoms with Crippen molar-refractivity contribution < 1.29 is 29.2 Å². The molecule has 1 aliphatic heterocycles. The van der Waals surface area contributed by atoms with E-state index in [9.17, 15) is 5.11 Å². The molecule has 0 saturated carbocycles. The molecule has 0 aliphatic carbocycles. The first-order valence-electron chi connectivity index (χ1n) is 4.72. The van der Waals surface area contributed by atoms with Crippen LogP contribution in [0, 0.1) is 0 Å². The standard InChI is InChI=1S/C9H18O6/c1-12-7-6(11)5(4-10)15-9(14-3)8(7)13-2/h5-11H,4H2,1-3H3/t5-,6-,7+,8-,9?/m1/s1. The topological polar surface area (TPSA) is 77.4 Å². The largest absolute Gasteiger partial charge is 0.394 e. The van der Waals surface area contributed by atoms with Gasteiger partial charge in [-0.1, -0.05) is 0 Å². The Hall–Kier alpha value is -0.240. The highest BCUT2D eigenvalue weighted by Gasteiger charge is 2.45. The number of ether oxygens (including phenoxy) is 4. The van der Waals surface area contributed by atoms with Gasteiger partial charge in [0.15, 0.2) is 6.29 Å². The van der Waals surface area contributed by atoms with Crippen molar-refractivity contribution in [3.05, 3.63) is 0 Å². The minimum atomic E-state index is -0.934. The van der Waals surface area contributed by atoms with Crippen LogP contribution >= 0.6 is 0 Å². The fourth-order valence-corrected chi connectivity index (χ4v) is 1.75. The second-order valence-corrected chi connectivity index (χ2v) is 3.35. The average Bonchev–Trinajstić information content (AvgIpc) is 2.28. The molecule has 0 aromatic carbocycles. The maximum atomic E-state index is 9.80. The number of rotatable bonds is 4. The second kappa shape index (κ2) is 5.74. The van der Waals surface area contributed by atoms with Crippen LogP contribution in [0.1, 0.15) is 0 Å². The summed E-state index contributed by atoms with van der Waals surface area (Å²) >= 11 is 0. The zero-order valence-electron chi connectivity index (χ0n) is 9.12. The summed E-state index contributed by atoms with van der Waals surface area (Å²) in [6.07, 6.45) is -3.40. The van der Waals surface area contributed by atoms with Crippen molar-refractivity contribution in [3.63, 3.8) is 0 Å². The molecule has 5 atom stereocenters. The Morgan fingerprint density at radius 1 is 1.07 bits per heavy atom. The van der Waals surface area contributed by atoms with Gasteiger partial charge in [-0.3, -0.25) is 0 Å². The predicted octanol–water partition coefficient (Wildman–Crippen LogP) is -1.26. The van der Waals surface area contributed by atoms with E-state index < -0.39 is 30.7 Å². The summed E-state index contributed by atoms with van der Waals surface area (Å²) in [5.74, 6) is 0. The van der Waals surface area contributed by atoms with Crippen LogP contribution < -0.4 is 0 Å². The Kier molecular flexibility index (Phi) is 4.91. The molecule has 1 rings (SSSR count). The molecule has 0 bridgehead atoms. The lowest BCUT2D eigenvalue weighted by atomic mass is 9.99. The van der Waals surface area contributed by atoms with Crippen molar-refractivity contribution in [1.29, 1.82) is 0 Å². The van der Waals surface area contributed by atoms with Gasteiger partial charge in [-0.25, -0.2) is 0 Å². The molecule has 0 aromatic rings. The Morgan fingerprint density at radius 3 is 2.07 bits per heavy atom. The first-order valence-corrected chi connectivity index (χ1v) is 4.72. The molecule has 1 unspecified atom stereocenters.